The van der Waals surface area contributed by atoms with E-state index in [0.717, 1.165) is 66.7 Å². The number of fused-ring (bicyclic) bond motifs is 1. The van der Waals surface area contributed by atoms with Crippen LogP contribution in [0.15, 0.2) is 30.3 Å². The number of nitrogens with one attached hydrogen (secondary N) is 1. The second kappa shape index (κ2) is 9.77. The fraction of sp³-hybridized carbons (Fsp3) is 0.435. The van der Waals surface area contributed by atoms with Crippen LogP contribution in [0.2, 0.25) is 5.02 Å². The normalized spacial score (nSPS) is 14.8. The number of ether oxygens (including phenoxy) is 1. The number of benzene rings is 1. The molecule has 2 aromatic heterocycles. The van der Waals surface area contributed by atoms with E-state index in [1.165, 1.54) is 0 Å². The Morgan fingerprint density at radius 1 is 1.19 bits per heavy atom. The van der Waals surface area contributed by atoms with Crippen LogP contribution in [-0.2, 0) is 16.0 Å². The summed E-state index contributed by atoms with van der Waals surface area (Å²) in [5, 5.41) is 8.47. The molecule has 164 valence electrons. The van der Waals surface area contributed by atoms with Crippen molar-refractivity contribution < 1.29 is 9.53 Å². The van der Waals surface area contributed by atoms with Crippen molar-refractivity contribution in [2.24, 2.45) is 0 Å². The molecule has 0 radical (unpaired) electrons. The highest BCUT2D eigenvalue weighted by Crippen LogP contribution is 2.24. The van der Waals surface area contributed by atoms with Gasteiger partial charge in [-0.05, 0) is 38.0 Å². The summed E-state index contributed by atoms with van der Waals surface area (Å²) in [6.45, 7) is 8.96. The molecule has 1 saturated heterocycles. The topological polar surface area (TPSA) is 71.8 Å². The van der Waals surface area contributed by atoms with Gasteiger partial charge in [-0.2, -0.15) is 5.10 Å². The number of morpholine rings is 1. The highest BCUT2D eigenvalue weighted by Gasteiger charge is 2.15. The van der Waals surface area contributed by atoms with Crippen molar-refractivity contribution in [3.05, 3.63) is 52.3 Å². The van der Waals surface area contributed by atoms with E-state index in [4.69, 9.17) is 26.4 Å². The van der Waals surface area contributed by atoms with Crippen molar-refractivity contribution in [2.45, 2.75) is 26.7 Å². The minimum absolute atomic E-state index is 0.0643. The van der Waals surface area contributed by atoms with E-state index in [2.05, 4.69) is 10.2 Å². The van der Waals surface area contributed by atoms with Gasteiger partial charge in [0, 0.05) is 60.6 Å². The molecule has 1 aliphatic rings. The van der Waals surface area contributed by atoms with E-state index in [9.17, 15) is 4.79 Å². The molecule has 31 heavy (non-hydrogen) atoms. The van der Waals surface area contributed by atoms with Crippen molar-refractivity contribution in [1.82, 2.24) is 24.8 Å². The summed E-state index contributed by atoms with van der Waals surface area (Å²) in [6.07, 6.45) is 1.07. The van der Waals surface area contributed by atoms with Crippen molar-refractivity contribution in [3.63, 3.8) is 0 Å². The zero-order chi connectivity index (χ0) is 21.8. The van der Waals surface area contributed by atoms with Crippen LogP contribution in [-0.4, -0.2) is 64.8 Å². The van der Waals surface area contributed by atoms with Crippen LogP contribution in [0, 0.1) is 13.8 Å². The maximum Gasteiger partial charge on any atom is 0.220 e. The molecule has 0 aliphatic carbocycles. The number of rotatable bonds is 7. The van der Waals surface area contributed by atoms with Crippen LogP contribution in [0.3, 0.4) is 0 Å². The molecule has 4 rings (SSSR count). The predicted octanol–water partition coefficient (Wildman–Crippen LogP) is 3.05. The SMILES string of the molecule is Cc1nc2cc(-c3ccc(Cl)cc3)nn2c(C)c1CCC(=O)NCCN1CCOCC1. The third-order valence-electron chi connectivity index (χ3n) is 5.76. The number of aryl methyl sites for hydroxylation is 2. The van der Waals surface area contributed by atoms with Gasteiger partial charge in [0.1, 0.15) is 0 Å². The Balaban J connectivity index is 1.40. The number of nitrogens with zero attached hydrogens (tertiary/aromatic N) is 4. The van der Waals surface area contributed by atoms with Gasteiger partial charge in [-0.1, -0.05) is 23.7 Å². The van der Waals surface area contributed by atoms with E-state index < -0.39 is 0 Å². The number of amides is 1. The first-order valence-electron chi connectivity index (χ1n) is 10.7. The monoisotopic (exact) mass is 441 g/mol. The fourth-order valence-electron chi connectivity index (χ4n) is 3.96. The Labute approximate surface area is 187 Å². The van der Waals surface area contributed by atoms with E-state index in [1.807, 2.05) is 48.7 Å². The third kappa shape index (κ3) is 5.23. The van der Waals surface area contributed by atoms with Gasteiger partial charge >= 0.3 is 0 Å². The molecule has 0 bridgehead atoms. The second-order valence-corrected chi connectivity index (χ2v) is 8.31. The first kappa shape index (κ1) is 21.7. The van der Waals surface area contributed by atoms with E-state index in [1.54, 1.807) is 0 Å². The molecule has 0 saturated carbocycles. The second-order valence-electron chi connectivity index (χ2n) is 7.87. The van der Waals surface area contributed by atoms with Crippen molar-refractivity contribution >= 4 is 23.2 Å². The molecule has 1 N–H and O–H groups in total. The summed E-state index contributed by atoms with van der Waals surface area (Å²) >= 11 is 6.00. The Morgan fingerprint density at radius 3 is 2.68 bits per heavy atom. The van der Waals surface area contributed by atoms with E-state index in [-0.39, 0.29) is 5.91 Å². The lowest BCUT2D eigenvalue weighted by molar-refractivity contribution is -0.121. The average molecular weight is 442 g/mol. The Hall–Kier alpha value is -2.48. The minimum atomic E-state index is 0.0643. The van der Waals surface area contributed by atoms with Crippen LogP contribution in [0.25, 0.3) is 16.9 Å². The molecular weight excluding hydrogens is 414 g/mol. The number of halogens is 1. The van der Waals surface area contributed by atoms with Gasteiger partial charge in [-0.3, -0.25) is 9.69 Å². The molecule has 0 spiro atoms. The van der Waals surface area contributed by atoms with Crippen LogP contribution in [0.5, 0.6) is 0 Å². The van der Waals surface area contributed by atoms with E-state index >= 15 is 0 Å². The summed E-state index contributed by atoms with van der Waals surface area (Å²) < 4.78 is 7.22. The van der Waals surface area contributed by atoms with Crippen molar-refractivity contribution in [3.8, 4) is 11.3 Å². The number of carbonyl (C=O) groups is 1. The standard InChI is InChI=1S/C23H28ClN5O2/c1-16-20(7-8-23(30)25-9-10-28-11-13-31-14-12-28)17(2)29-22(26-16)15-21(27-29)18-3-5-19(24)6-4-18/h3-6,15H,7-14H2,1-2H3,(H,25,30). The van der Waals surface area contributed by atoms with Crippen LogP contribution >= 0.6 is 11.6 Å². The maximum absolute atomic E-state index is 12.4. The van der Waals surface area contributed by atoms with Gasteiger partial charge in [0.15, 0.2) is 5.65 Å². The fourth-order valence-corrected chi connectivity index (χ4v) is 4.08. The van der Waals surface area contributed by atoms with Gasteiger partial charge in [-0.25, -0.2) is 9.50 Å². The van der Waals surface area contributed by atoms with Crippen LogP contribution < -0.4 is 5.32 Å². The van der Waals surface area contributed by atoms with Crippen molar-refractivity contribution in [2.75, 3.05) is 39.4 Å². The highest BCUT2D eigenvalue weighted by atomic mass is 35.5. The summed E-state index contributed by atoms with van der Waals surface area (Å²) in [7, 11) is 0. The lowest BCUT2D eigenvalue weighted by Crippen LogP contribution is -2.41. The molecule has 1 aliphatic heterocycles. The lowest BCUT2D eigenvalue weighted by atomic mass is 10.1. The smallest absolute Gasteiger partial charge is 0.220 e. The zero-order valence-electron chi connectivity index (χ0n) is 18.0. The highest BCUT2D eigenvalue weighted by molar-refractivity contribution is 6.30. The minimum Gasteiger partial charge on any atom is -0.379 e. The molecule has 0 unspecified atom stereocenters. The van der Waals surface area contributed by atoms with Gasteiger partial charge in [0.25, 0.3) is 0 Å². The van der Waals surface area contributed by atoms with Crippen LogP contribution in [0.1, 0.15) is 23.4 Å². The molecule has 1 fully saturated rings. The van der Waals surface area contributed by atoms with Gasteiger partial charge in [0.2, 0.25) is 5.91 Å². The molecule has 3 heterocycles. The molecule has 3 aromatic rings. The predicted molar refractivity (Wildman–Crippen MR) is 121 cm³/mol. The van der Waals surface area contributed by atoms with Crippen LogP contribution in [0.4, 0.5) is 0 Å². The first-order chi connectivity index (χ1) is 15.0. The molecule has 1 aromatic carbocycles. The number of hydrogen-bond donors (Lipinski definition) is 1. The first-order valence-corrected chi connectivity index (χ1v) is 11.1. The Morgan fingerprint density at radius 2 is 1.94 bits per heavy atom. The number of hydrogen-bond acceptors (Lipinski definition) is 5. The van der Waals surface area contributed by atoms with Gasteiger partial charge < -0.3 is 10.1 Å². The number of carbonyl (C=O) groups excluding carboxylic acids is 1. The summed E-state index contributed by atoms with van der Waals surface area (Å²) in [5.74, 6) is 0.0643. The van der Waals surface area contributed by atoms with Gasteiger partial charge in [0.05, 0.1) is 18.9 Å². The average Bonchev–Trinajstić information content (AvgIpc) is 3.19. The summed E-state index contributed by atoms with van der Waals surface area (Å²) in [4.78, 5) is 19.4. The number of aromatic nitrogens is 3. The summed E-state index contributed by atoms with van der Waals surface area (Å²) in [6, 6.07) is 9.60. The summed E-state index contributed by atoms with van der Waals surface area (Å²) in [5.41, 5.74) is 5.68. The quantitative estimate of drug-likeness (QED) is 0.610. The third-order valence-corrected chi connectivity index (χ3v) is 6.01. The zero-order valence-corrected chi connectivity index (χ0v) is 18.8. The van der Waals surface area contributed by atoms with Gasteiger partial charge in [-0.15, -0.1) is 0 Å². The van der Waals surface area contributed by atoms with E-state index in [0.29, 0.717) is 24.4 Å². The largest absolute Gasteiger partial charge is 0.379 e. The molecule has 0 atom stereocenters. The molecule has 7 nitrogen and oxygen atoms in total. The van der Waals surface area contributed by atoms with Crippen molar-refractivity contribution in [1.29, 1.82) is 0 Å². The Bertz CT molecular complexity index is 1060. The molecule has 1 amide bonds. The molecule has 8 heteroatoms. The maximum atomic E-state index is 12.4. The molecular formula is C23H28ClN5O2. The lowest BCUT2D eigenvalue weighted by Gasteiger charge is -2.26. The Kier molecular flexibility index (Phi) is 6.85.